The zero-order chi connectivity index (χ0) is 18.7. The second-order valence-corrected chi connectivity index (χ2v) is 7.88. The average Bonchev–Trinajstić information content (AvgIpc) is 2.43. The minimum atomic E-state index is -6.28. The molecule has 0 aromatic heterocycles. The summed E-state index contributed by atoms with van der Waals surface area (Å²) in [5.41, 5.74) is 4.41. The maximum absolute atomic E-state index is 13.3. The number of rotatable bonds is 2. The molecule has 24 heavy (non-hydrogen) atoms. The van der Waals surface area contributed by atoms with Crippen molar-refractivity contribution in [1.29, 1.82) is 0 Å². The number of nitrogens with two attached hydrogens (primary N) is 1. The van der Waals surface area contributed by atoms with Gasteiger partial charge in [-0.05, 0) is 32.0 Å². The maximum atomic E-state index is 13.3. The normalized spacial score (nSPS) is 24.2. The maximum Gasteiger partial charge on any atom is 0.469 e. The topological polar surface area (TPSA) is 89.6 Å². The molecule has 5 nitrogen and oxygen atoms in total. The van der Waals surface area contributed by atoms with Crippen molar-refractivity contribution < 1.29 is 40.2 Å². The van der Waals surface area contributed by atoms with Gasteiger partial charge < -0.3 is 15.6 Å². The summed E-state index contributed by atoms with van der Waals surface area (Å²) in [5, 5.41) is 4.04. The SMILES string of the molecule is CC1(C)Oc2ccc(S(=O)(=O)C(F)(F)C(F)(F)F)cc2[C@@H](N)[C@@H]1O. The Hall–Kier alpha value is -1.46. The van der Waals surface area contributed by atoms with E-state index in [9.17, 15) is 35.5 Å². The van der Waals surface area contributed by atoms with Crippen molar-refractivity contribution in [2.45, 2.75) is 47.9 Å². The van der Waals surface area contributed by atoms with Crippen molar-refractivity contribution in [3.63, 3.8) is 0 Å². The van der Waals surface area contributed by atoms with Crippen LogP contribution in [0.1, 0.15) is 25.5 Å². The molecular weight excluding hydrogens is 361 g/mol. The van der Waals surface area contributed by atoms with Crippen LogP contribution in [0.25, 0.3) is 0 Å². The van der Waals surface area contributed by atoms with Crippen LogP contribution in [0.4, 0.5) is 22.0 Å². The Morgan fingerprint density at radius 2 is 1.75 bits per heavy atom. The zero-order valence-corrected chi connectivity index (χ0v) is 13.3. The molecule has 2 atom stereocenters. The van der Waals surface area contributed by atoms with Gasteiger partial charge in [0.25, 0.3) is 9.84 Å². The summed E-state index contributed by atoms with van der Waals surface area (Å²) in [6, 6.07) is 0.850. The lowest BCUT2D eigenvalue weighted by molar-refractivity contribution is -0.241. The van der Waals surface area contributed by atoms with E-state index < -0.39 is 43.9 Å². The lowest BCUT2D eigenvalue weighted by atomic mass is 9.87. The Morgan fingerprint density at radius 1 is 1.21 bits per heavy atom. The largest absolute Gasteiger partial charge is 0.485 e. The number of ether oxygens (including phenoxy) is 1. The predicted octanol–water partition coefficient (Wildman–Crippen LogP) is 2.15. The van der Waals surface area contributed by atoms with E-state index in [1.165, 1.54) is 13.8 Å². The first-order chi connectivity index (χ1) is 10.6. The lowest BCUT2D eigenvalue weighted by Crippen LogP contribution is -2.51. The van der Waals surface area contributed by atoms with Gasteiger partial charge in [0.2, 0.25) is 0 Å². The van der Waals surface area contributed by atoms with Crippen molar-refractivity contribution in [3.05, 3.63) is 23.8 Å². The van der Waals surface area contributed by atoms with Gasteiger partial charge in [0.05, 0.1) is 10.9 Å². The van der Waals surface area contributed by atoms with Crippen LogP contribution < -0.4 is 10.5 Å². The summed E-state index contributed by atoms with van der Waals surface area (Å²) in [6.07, 6.45) is -7.60. The molecule has 0 fully saturated rings. The van der Waals surface area contributed by atoms with Crippen LogP contribution in [0.15, 0.2) is 23.1 Å². The van der Waals surface area contributed by atoms with Crippen molar-refractivity contribution >= 4 is 9.84 Å². The third-order valence-electron chi connectivity index (χ3n) is 3.74. The first-order valence-electron chi connectivity index (χ1n) is 6.58. The van der Waals surface area contributed by atoms with E-state index >= 15 is 0 Å². The zero-order valence-electron chi connectivity index (χ0n) is 12.4. The Kier molecular flexibility index (Phi) is 4.14. The fourth-order valence-electron chi connectivity index (χ4n) is 2.29. The molecule has 1 aliphatic heterocycles. The minimum Gasteiger partial charge on any atom is -0.485 e. The first kappa shape index (κ1) is 18.9. The highest BCUT2D eigenvalue weighted by atomic mass is 32.2. The predicted molar refractivity (Wildman–Crippen MR) is 72.3 cm³/mol. The van der Waals surface area contributed by atoms with Crippen LogP contribution in [-0.4, -0.2) is 36.7 Å². The highest BCUT2D eigenvalue weighted by Crippen LogP contribution is 2.45. The molecule has 0 saturated heterocycles. The number of benzene rings is 1. The molecule has 2 rings (SSSR count). The monoisotopic (exact) mass is 375 g/mol. The van der Waals surface area contributed by atoms with E-state index in [2.05, 4.69) is 0 Å². The van der Waals surface area contributed by atoms with Crippen molar-refractivity contribution in [1.82, 2.24) is 0 Å². The quantitative estimate of drug-likeness (QED) is 0.773. The van der Waals surface area contributed by atoms with E-state index in [4.69, 9.17) is 10.5 Å². The van der Waals surface area contributed by atoms with Gasteiger partial charge in [0.15, 0.2) is 0 Å². The average molecular weight is 375 g/mol. The molecule has 136 valence electrons. The number of fused-ring (bicyclic) bond motifs is 1. The molecule has 0 radical (unpaired) electrons. The third kappa shape index (κ3) is 2.64. The van der Waals surface area contributed by atoms with Gasteiger partial charge in [0.1, 0.15) is 17.5 Å². The number of hydrogen-bond donors (Lipinski definition) is 2. The Bertz CT molecular complexity index is 760. The van der Waals surface area contributed by atoms with Gasteiger partial charge in [-0.25, -0.2) is 8.42 Å². The van der Waals surface area contributed by atoms with Gasteiger partial charge in [-0.3, -0.25) is 0 Å². The molecule has 1 heterocycles. The number of alkyl halides is 5. The van der Waals surface area contributed by atoms with Gasteiger partial charge >= 0.3 is 11.4 Å². The first-order valence-corrected chi connectivity index (χ1v) is 8.07. The fourth-order valence-corrected chi connectivity index (χ4v) is 3.42. The fraction of sp³-hybridized carbons (Fsp3) is 0.538. The van der Waals surface area contributed by atoms with Crippen molar-refractivity contribution in [3.8, 4) is 5.75 Å². The molecular formula is C13H14F5NO4S. The van der Waals surface area contributed by atoms with E-state index in [1.54, 1.807) is 0 Å². The number of hydrogen-bond acceptors (Lipinski definition) is 5. The standard InChI is InChI=1S/C13H14F5NO4S/c1-11(2)10(20)9(19)7-5-6(3-4-8(7)23-11)24(21,22)13(17,18)12(14,15)16/h3-5,9-10,20H,19H2,1-2H3/t9-,10+/m1/s1. The Balaban J connectivity index is 2.58. The van der Waals surface area contributed by atoms with Crippen LogP contribution in [0.3, 0.4) is 0 Å². The highest BCUT2D eigenvalue weighted by molar-refractivity contribution is 7.92. The lowest BCUT2D eigenvalue weighted by Gasteiger charge is -2.40. The van der Waals surface area contributed by atoms with Gasteiger partial charge in [-0.15, -0.1) is 0 Å². The Morgan fingerprint density at radius 3 is 2.25 bits per heavy atom. The van der Waals surface area contributed by atoms with E-state index in [0.29, 0.717) is 12.1 Å². The van der Waals surface area contributed by atoms with Gasteiger partial charge in [0, 0.05) is 5.56 Å². The molecule has 1 aliphatic rings. The molecule has 0 amide bonds. The third-order valence-corrected chi connectivity index (χ3v) is 5.52. The summed E-state index contributed by atoms with van der Waals surface area (Å²) in [4.78, 5) is -1.27. The number of halogens is 5. The van der Waals surface area contributed by atoms with Gasteiger partial charge in [-0.1, -0.05) is 0 Å². The van der Waals surface area contributed by atoms with E-state index in [0.717, 1.165) is 6.07 Å². The molecule has 1 aromatic rings. The van der Waals surface area contributed by atoms with Gasteiger partial charge in [-0.2, -0.15) is 22.0 Å². The second-order valence-electron chi connectivity index (χ2n) is 5.89. The van der Waals surface area contributed by atoms with E-state index in [1.807, 2.05) is 0 Å². The smallest absolute Gasteiger partial charge is 0.469 e. The number of aliphatic hydroxyl groups excluding tert-OH is 1. The summed E-state index contributed by atoms with van der Waals surface area (Å²) >= 11 is 0. The summed E-state index contributed by atoms with van der Waals surface area (Å²) in [7, 11) is -6.05. The summed E-state index contributed by atoms with van der Waals surface area (Å²) in [5.74, 6) is -0.00734. The molecule has 1 aromatic carbocycles. The molecule has 3 N–H and O–H groups in total. The van der Waals surface area contributed by atoms with Crippen molar-refractivity contribution in [2.75, 3.05) is 0 Å². The van der Waals surface area contributed by atoms with Crippen LogP contribution >= 0.6 is 0 Å². The van der Waals surface area contributed by atoms with Crippen LogP contribution in [-0.2, 0) is 9.84 Å². The Labute approximate surface area is 134 Å². The van der Waals surface area contributed by atoms with E-state index in [-0.39, 0.29) is 11.3 Å². The minimum absolute atomic E-state index is 0.00734. The number of sulfone groups is 1. The molecule has 0 bridgehead atoms. The number of aliphatic hydroxyl groups is 1. The summed E-state index contributed by atoms with van der Waals surface area (Å²) < 4.78 is 92.5. The van der Waals surface area contributed by atoms with Crippen LogP contribution in [0.5, 0.6) is 5.75 Å². The second kappa shape index (κ2) is 5.27. The van der Waals surface area contributed by atoms with Crippen LogP contribution in [0, 0.1) is 0 Å². The molecule has 11 heteroatoms. The van der Waals surface area contributed by atoms with Crippen molar-refractivity contribution in [2.24, 2.45) is 5.73 Å². The van der Waals surface area contributed by atoms with Crippen LogP contribution in [0.2, 0.25) is 0 Å². The summed E-state index contributed by atoms with van der Waals surface area (Å²) in [6.45, 7) is 2.98. The molecule has 0 unspecified atom stereocenters. The highest BCUT2D eigenvalue weighted by Gasteiger charge is 2.67. The molecule has 0 spiro atoms. The molecule has 0 saturated carbocycles. The molecule has 0 aliphatic carbocycles.